The first-order chi connectivity index (χ1) is 13.5. The number of nitrogens with zero attached hydrogens (tertiary/aromatic N) is 1. The van der Waals surface area contributed by atoms with E-state index in [9.17, 15) is 18.8 Å². The van der Waals surface area contributed by atoms with E-state index in [4.69, 9.17) is 4.74 Å². The summed E-state index contributed by atoms with van der Waals surface area (Å²) < 4.78 is 20.0. The molecule has 0 aliphatic carbocycles. The zero-order chi connectivity index (χ0) is 20.1. The molecule has 28 heavy (non-hydrogen) atoms. The Kier molecular flexibility index (Phi) is 5.69. The molecule has 8 heteroatoms. The SMILES string of the molecule is CCOc1ccc(NC(=O)c2c[nH]c(=O)n(Cc3ccccc3F)c2=O)cc1. The van der Waals surface area contributed by atoms with Gasteiger partial charge >= 0.3 is 5.69 Å². The van der Waals surface area contributed by atoms with E-state index in [0.717, 1.165) is 10.8 Å². The maximum absolute atomic E-state index is 13.9. The molecule has 0 atom stereocenters. The molecule has 1 aromatic heterocycles. The van der Waals surface area contributed by atoms with Gasteiger partial charge in [-0.05, 0) is 37.3 Å². The largest absolute Gasteiger partial charge is 0.494 e. The molecule has 0 radical (unpaired) electrons. The van der Waals surface area contributed by atoms with Crippen LogP contribution in [0.4, 0.5) is 10.1 Å². The molecule has 0 aliphatic heterocycles. The van der Waals surface area contributed by atoms with E-state index < -0.39 is 23.0 Å². The smallest absolute Gasteiger partial charge is 0.328 e. The predicted molar refractivity (Wildman–Crippen MR) is 102 cm³/mol. The van der Waals surface area contributed by atoms with Gasteiger partial charge in [0.2, 0.25) is 0 Å². The lowest BCUT2D eigenvalue weighted by molar-refractivity contribution is 0.102. The van der Waals surface area contributed by atoms with Crippen molar-refractivity contribution in [3.63, 3.8) is 0 Å². The first kappa shape index (κ1) is 19.1. The van der Waals surface area contributed by atoms with Gasteiger partial charge in [-0.3, -0.25) is 14.2 Å². The molecule has 0 aliphatic rings. The van der Waals surface area contributed by atoms with Crippen molar-refractivity contribution in [3.05, 3.63) is 92.5 Å². The molecule has 2 aromatic carbocycles. The van der Waals surface area contributed by atoms with E-state index in [-0.39, 0.29) is 17.7 Å². The number of rotatable bonds is 6. The molecule has 7 nitrogen and oxygen atoms in total. The molecule has 0 bridgehead atoms. The topological polar surface area (TPSA) is 93.2 Å². The molecule has 0 fully saturated rings. The van der Waals surface area contributed by atoms with Crippen LogP contribution in [-0.4, -0.2) is 22.1 Å². The third kappa shape index (κ3) is 4.17. The summed E-state index contributed by atoms with van der Waals surface area (Å²) in [6.07, 6.45) is 1.05. The van der Waals surface area contributed by atoms with Gasteiger partial charge in [0.25, 0.3) is 11.5 Å². The second-order valence-electron chi connectivity index (χ2n) is 5.90. The van der Waals surface area contributed by atoms with Gasteiger partial charge in [0.1, 0.15) is 17.1 Å². The summed E-state index contributed by atoms with van der Waals surface area (Å²) in [5.41, 5.74) is -1.18. The maximum Gasteiger partial charge on any atom is 0.328 e. The van der Waals surface area contributed by atoms with E-state index >= 15 is 0 Å². The Labute approximate surface area is 159 Å². The van der Waals surface area contributed by atoms with Crippen molar-refractivity contribution in [1.29, 1.82) is 0 Å². The number of H-pyrrole nitrogens is 1. The lowest BCUT2D eigenvalue weighted by Gasteiger charge is -2.09. The van der Waals surface area contributed by atoms with Crippen molar-refractivity contribution in [2.45, 2.75) is 13.5 Å². The number of hydrogen-bond donors (Lipinski definition) is 2. The van der Waals surface area contributed by atoms with Gasteiger partial charge in [-0.25, -0.2) is 9.18 Å². The fourth-order valence-corrected chi connectivity index (χ4v) is 2.61. The lowest BCUT2D eigenvalue weighted by atomic mass is 10.2. The van der Waals surface area contributed by atoms with Crippen LogP contribution in [0.15, 0.2) is 64.3 Å². The van der Waals surface area contributed by atoms with Crippen LogP contribution in [-0.2, 0) is 6.54 Å². The molecule has 1 heterocycles. The quantitative estimate of drug-likeness (QED) is 0.683. The minimum absolute atomic E-state index is 0.166. The summed E-state index contributed by atoms with van der Waals surface area (Å²) in [5.74, 6) is -0.581. The van der Waals surface area contributed by atoms with Gasteiger partial charge in [-0.15, -0.1) is 0 Å². The Morgan fingerprint density at radius 1 is 1.14 bits per heavy atom. The summed E-state index contributed by atoms with van der Waals surface area (Å²) in [7, 11) is 0. The van der Waals surface area contributed by atoms with Crippen molar-refractivity contribution in [2.24, 2.45) is 0 Å². The van der Waals surface area contributed by atoms with Crippen LogP contribution in [0.25, 0.3) is 0 Å². The van der Waals surface area contributed by atoms with Crippen molar-refractivity contribution >= 4 is 11.6 Å². The Hall–Kier alpha value is -3.68. The zero-order valence-electron chi connectivity index (χ0n) is 15.1. The summed E-state index contributed by atoms with van der Waals surface area (Å²) in [5, 5.41) is 2.59. The highest BCUT2D eigenvalue weighted by atomic mass is 19.1. The fourth-order valence-electron chi connectivity index (χ4n) is 2.61. The first-order valence-corrected chi connectivity index (χ1v) is 8.59. The highest BCUT2D eigenvalue weighted by Crippen LogP contribution is 2.16. The van der Waals surface area contributed by atoms with Crippen LogP contribution < -0.4 is 21.3 Å². The molecule has 0 saturated heterocycles. The predicted octanol–water partition coefficient (Wildman–Crippen LogP) is 2.38. The second kappa shape index (κ2) is 8.34. The number of benzene rings is 2. The first-order valence-electron chi connectivity index (χ1n) is 8.59. The number of anilines is 1. The Morgan fingerprint density at radius 2 is 1.86 bits per heavy atom. The van der Waals surface area contributed by atoms with Gasteiger partial charge in [0.05, 0.1) is 13.2 Å². The van der Waals surface area contributed by atoms with Crippen LogP contribution in [0.3, 0.4) is 0 Å². The third-order valence-electron chi connectivity index (χ3n) is 4.01. The van der Waals surface area contributed by atoms with Gasteiger partial charge in [-0.2, -0.15) is 0 Å². The standard InChI is InChI=1S/C20H18FN3O4/c1-2-28-15-9-7-14(8-10-15)23-18(25)16-11-22-20(27)24(19(16)26)12-13-5-3-4-6-17(13)21/h3-11H,2,12H2,1H3,(H,22,27)(H,23,25). The molecule has 3 rings (SSSR count). The minimum atomic E-state index is -0.810. The van der Waals surface area contributed by atoms with Crippen molar-refractivity contribution in [1.82, 2.24) is 9.55 Å². The van der Waals surface area contributed by atoms with E-state index in [0.29, 0.717) is 18.0 Å². The third-order valence-corrected chi connectivity index (χ3v) is 4.01. The molecule has 0 unspecified atom stereocenters. The Bertz CT molecular complexity index is 1100. The van der Waals surface area contributed by atoms with E-state index in [2.05, 4.69) is 10.3 Å². The summed E-state index contributed by atoms with van der Waals surface area (Å²) in [6, 6.07) is 12.4. The monoisotopic (exact) mass is 383 g/mol. The molecular weight excluding hydrogens is 365 g/mol. The Balaban J connectivity index is 1.86. The number of aromatic nitrogens is 2. The van der Waals surface area contributed by atoms with Crippen LogP contribution >= 0.6 is 0 Å². The van der Waals surface area contributed by atoms with Crippen LogP contribution in [0, 0.1) is 5.82 Å². The fraction of sp³-hybridized carbons (Fsp3) is 0.150. The average molecular weight is 383 g/mol. The van der Waals surface area contributed by atoms with Crippen LogP contribution in [0.1, 0.15) is 22.8 Å². The van der Waals surface area contributed by atoms with Gasteiger partial charge in [0, 0.05) is 17.4 Å². The number of carbonyl (C=O) groups excluding carboxylic acids is 1. The molecule has 0 spiro atoms. The molecule has 2 N–H and O–H groups in total. The highest BCUT2D eigenvalue weighted by molar-refractivity contribution is 6.03. The second-order valence-corrected chi connectivity index (χ2v) is 5.90. The zero-order valence-corrected chi connectivity index (χ0v) is 15.1. The number of halogens is 1. The van der Waals surface area contributed by atoms with Gasteiger partial charge in [-0.1, -0.05) is 18.2 Å². The maximum atomic E-state index is 13.9. The van der Waals surface area contributed by atoms with Crippen molar-refractivity contribution in [3.8, 4) is 5.75 Å². The molecular formula is C20H18FN3O4. The van der Waals surface area contributed by atoms with Crippen LogP contribution in [0.5, 0.6) is 5.75 Å². The van der Waals surface area contributed by atoms with E-state index in [1.807, 2.05) is 6.92 Å². The molecule has 144 valence electrons. The van der Waals surface area contributed by atoms with Crippen molar-refractivity contribution < 1.29 is 13.9 Å². The number of ether oxygens (including phenoxy) is 1. The van der Waals surface area contributed by atoms with Gasteiger partial charge < -0.3 is 15.0 Å². The number of amides is 1. The van der Waals surface area contributed by atoms with Crippen LogP contribution in [0.2, 0.25) is 0 Å². The average Bonchev–Trinajstić information content (AvgIpc) is 2.68. The number of carbonyl (C=O) groups is 1. The van der Waals surface area contributed by atoms with Crippen molar-refractivity contribution in [2.75, 3.05) is 11.9 Å². The normalized spacial score (nSPS) is 10.5. The summed E-state index contributed by atoms with van der Waals surface area (Å²) in [6.45, 7) is 2.09. The summed E-state index contributed by atoms with van der Waals surface area (Å²) >= 11 is 0. The number of nitrogens with one attached hydrogen (secondary N) is 2. The van der Waals surface area contributed by atoms with E-state index in [1.54, 1.807) is 30.3 Å². The molecule has 3 aromatic rings. The molecule has 1 amide bonds. The molecule has 0 saturated carbocycles. The lowest BCUT2D eigenvalue weighted by Crippen LogP contribution is -2.39. The summed E-state index contributed by atoms with van der Waals surface area (Å²) in [4.78, 5) is 39.5. The number of aromatic amines is 1. The number of hydrogen-bond acceptors (Lipinski definition) is 4. The van der Waals surface area contributed by atoms with E-state index in [1.165, 1.54) is 18.2 Å². The Morgan fingerprint density at radius 3 is 2.54 bits per heavy atom. The van der Waals surface area contributed by atoms with Gasteiger partial charge in [0.15, 0.2) is 0 Å². The minimum Gasteiger partial charge on any atom is -0.494 e. The highest BCUT2D eigenvalue weighted by Gasteiger charge is 2.16.